The van der Waals surface area contributed by atoms with Crippen LogP contribution < -0.4 is 0 Å². The minimum absolute atomic E-state index is 0.188. The molecule has 0 heterocycles. The topological polar surface area (TPSA) is 20.2 Å². The maximum absolute atomic E-state index is 9.98. The third-order valence-corrected chi connectivity index (χ3v) is 4.87. The summed E-state index contributed by atoms with van der Waals surface area (Å²) in [4.78, 5) is 0. The van der Waals surface area contributed by atoms with Crippen LogP contribution >= 0.6 is 0 Å². The molecule has 2 aliphatic carbocycles. The van der Waals surface area contributed by atoms with Gasteiger partial charge in [0.15, 0.2) is 0 Å². The van der Waals surface area contributed by atoms with Crippen molar-refractivity contribution in [3.63, 3.8) is 0 Å². The van der Waals surface area contributed by atoms with Gasteiger partial charge in [0, 0.05) is 0 Å². The molecule has 1 saturated carbocycles. The minimum Gasteiger partial charge on any atom is -0.389 e. The second kappa shape index (κ2) is 4.03. The Kier molecular flexibility index (Phi) is 3.00. The molecule has 3 atom stereocenters. The Morgan fingerprint density at radius 1 is 1.38 bits per heavy atom. The first kappa shape index (κ1) is 11.9. The average Bonchev–Trinajstić information content (AvgIpc) is 2.24. The number of hydrogen-bond donors (Lipinski definition) is 1. The molecule has 0 aliphatic heterocycles. The largest absolute Gasteiger partial charge is 0.389 e. The highest BCUT2D eigenvalue weighted by atomic mass is 16.3. The van der Waals surface area contributed by atoms with E-state index in [-0.39, 0.29) is 6.10 Å². The molecule has 2 rings (SSSR count). The molecule has 0 radical (unpaired) electrons. The van der Waals surface area contributed by atoms with Crippen molar-refractivity contribution < 1.29 is 5.11 Å². The summed E-state index contributed by atoms with van der Waals surface area (Å²) < 4.78 is 0. The van der Waals surface area contributed by atoms with Gasteiger partial charge in [0.05, 0.1) is 6.10 Å². The van der Waals surface area contributed by atoms with E-state index < -0.39 is 0 Å². The lowest BCUT2D eigenvalue weighted by Gasteiger charge is -2.45. The Bertz CT molecular complexity index is 339. The summed E-state index contributed by atoms with van der Waals surface area (Å²) in [7, 11) is 0. The maximum Gasteiger partial charge on any atom is 0.0750 e. The van der Waals surface area contributed by atoms with Crippen LogP contribution in [0.2, 0.25) is 0 Å². The molecule has 0 spiro atoms. The first-order valence-electron chi connectivity index (χ1n) is 6.47. The second-order valence-corrected chi connectivity index (χ2v) is 6.06. The van der Waals surface area contributed by atoms with Crippen LogP contribution in [-0.2, 0) is 0 Å². The number of hydrogen-bond acceptors (Lipinski definition) is 1. The van der Waals surface area contributed by atoms with E-state index in [4.69, 9.17) is 0 Å². The van der Waals surface area contributed by atoms with Gasteiger partial charge in [-0.2, -0.15) is 0 Å². The van der Waals surface area contributed by atoms with Crippen LogP contribution in [0.5, 0.6) is 0 Å². The number of allylic oxidation sites excluding steroid dienone is 2. The van der Waals surface area contributed by atoms with Crippen LogP contribution in [0, 0.1) is 11.3 Å². The highest BCUT2D eigenvalue weighted by molar-refractivity contribution is 5.30. The normalized spacial score (nSPS) is 39.5. The van der Waals surface area contributed by atoms with Crippen LogP contribution in [0.4, 0.5) is 0 Å². The molecule has 1 nitrogen and oxygen atoms in total. The Morgan fingerprint density at radius 2 is 2.00 bits per heavy atom. The van der Waals surface area contributed by atoms with Gasteiger partial charge in [-0.1, -0.05) is 24.6 Å². The van der Waals surface area contributed by atoms with Crippen molar-refractivity contribution in [3.8, 4) is 0 Å². The molecule has 90 valence electrons. The molecular weight excluding hydrogens is 196 g/mol. The van der Waals surface area contributed by atoms with Gasteiger partial charge in [-0.25, -0.2) is 0 Å². The van der Waals surface area contributed by atoms with Crippen molar-refractivity contribution in [3.05, 3.63) is 23.3 Å². The first-order chi connectivity index (χ1) is 7.44. The Morgan fingerprint density at radius 3 is 2.62 bits per heavy atom. The van der Waals surface area contributed by atoms with E-state index in [9.17, 15) is 5.11 Å². The van der Waals surface area contributed by atoms with Crippen molar-refractivity contribution in [2.24, 2.45) is 11.3 Å². The fourth-order valence-corrected chi connectivity index (χ4v) is 3.44. The lowest BCUT2D eigenvalue weighted by atomic mass is 9.60. The van der Waals surface area contributed by atoms with Crippen molar-refractivity contribution in [2.75, 3.05) is 0 Å². The summed E-state index contributed by atoms with van der Waals surface area (Å²) in [6.07, 6.45) is 5.59. The third kappa shape index (κ3) is 1.86. The summed E-state index contributed by atoms with van der Waals surface area (Å²) >= 11 is 0. The van der Waals surface area contributed by atoms with Gasteiger partial charge in [-0.3, -0.25) is 0 Å². The van der Waals surface area contributed by atoms with E-state index in [2.05, 4.69) is 27.4 Å². The summed E-state index contributed by atoms with van der Waals surface area (Å²) in [5.41, 5.74) is 4.46. The fraction of sp³-hybridized carbons (Fsp3) is 0.733. The van der Waals surface area contributed by atoms with Gasteiger partial charge in [0.2, 0.25) is 0 Å². The fourth-order valence-electron chi connectivity index (χ4n) is 3.44. The standard InChI is InChI=1S/C15H24O/c1-10(2)12-5-7-15(4)8-6-14(16)11(3)13(15)9-12/h12,14,16H,1,5-9H2,2-4H3/t12?,14-,15-/m0/s1. The summed E-state index contributed by atoms with van der Waals surface area (Å²) in [5.74, 6) is 0.642. The van der Waals surface area contributed by atoms with Crippen molar-refractivity contribution in [1.82, 2.24) is 0 Å². The van der Waals surface area contributed by atoms with E-state index in [0.29, 0.717) is 11.3 Å². The molecule has 1 unspecified atom stereocenters. The molecule has 0 saturated heterocycles. The van der Waals surface area contributed by atoms with Gasteiger partial charge in [0.25, 0.3) is 0 Å². The predicted molar refractivity (Wildman–Crippen MR) is 68.2 cm³/mol. The number of fused-ring (bicyclic) bond motifs is 1. The molecule has 0 aromatic carbocycles. The molecule has 2 aliphatic rings. The monoisotopic (exact) mass is 220 g/mol. The van der Waals surface area contributed by atoms with Crippen molar-refractivity contribution in [2.45, 2.75) is 59.0 Å². The van der Waals surface area contributed by atoms with E-state index in [1.807, 2.05) is 0 Å². The first-order valence-corrected chi connectivity index (χ1v) is 6.47. The van der Waals surface area contributed by atoms with Gasteiger partial charge >= 0.3 is 0 Å². The zero-order valence-corrected chi connectivity index (χ0v) is 10.8. The lowest BCUT2D eigenvalue weighted by Crippen LogP contribution is -2.35. The van der Waals surface area contributed by atoms with Crippen LogP contribution in [0.1, 0.15) is 52.9 Å². The maximum atomic E-state index is 9.98. The molecule has 16 heavy (non-hydrogen) atoms. The van der Waals surface area contributed by atoms with Crippen LogP contribution in [0.3, 0.4) is 0 Å². The van der Waals surface area contributed by atoms with Gasteiger partial charge in [-0.15, -0.1) is 0 Å². The van der Waals surface area contributed by atoms with E-state index >= 15 is 0 Å². The highest BCUT2D eigenvalue weighted by Crippen LogP contribution is 2.51. The molecule has 1 heteroatoms. The Balaban J connectivity index is 2.31. The molecule has 0 amide bonds. The lowest BCUT2D eigenvalue weighted by molar-refractivity contribution is 0.133. The number of rotatable bonds is 1. The molecule has 0 aromatic heterocycles. The smallest absolute Gasteiger partial charge is 0.0750 e. The Labute approximate surface area is 99.3 Å². The van der Waals surface area contributed by atoms with Crippen LogP contribution in [0.15, 0.2) is 23.3 Å². The van der Waals surface area contributed by atoms with E-state index in [0.717, 1.165) is 19.3 Å². The van der Waals surface area contributed by atoms with Crippen LogP contribution in [-0.4, -0.2) is 11.2 Å². The number of aliphatic hydroxyl groups excluding tert-OH is 1. The number of aliphatic hydroxyl groups is 1. The average molecular weight is 220 g/mol. The summed E-state index contributed by atoms with van der Waals surface area (Å²) in [5, 5.41) is 9.98. The Hall–Kier alpha value is -0.560. The zero-order chi connectivity index (χ0) is 11.9. The molecule has 1 N–H and O–H groups in total. The van der Waals surface area contributed by atoms with Gasteiger partial charge in [-0.05, 0) is 62.9 Å². The quantitative estimate of drug-likeness (QED) is 0.666. The summed E-state index contributed by atoms with van der Waals surface area (Å²) in [6.45, 7) is 10.7. The van der Waals surface area contributed by atoms with Crippen LogP contribution in [0.25, 0.3) is 0 Å². The SMILES string of the molecule is C=C(C)C1CC[C@@]2(C)CC[C@H](O)C(C)=C2C1. The molecule has 0 bridgehead atoms. The van der Waals surface area contributed by atoms with Gasteiger partial charge < -0.3 is 5.11 Å². The minimum atomic E-state index is -0.188. The second-order valence-electron chi connectivity index (χ2n) is 6.06. The molecular formula is C15H24O. The van der Waals surface area contributed by atoms with E-state index in [1.165, 1.54) is 29.6 Å². The van der Waals surface area contributed by atoms with Crippen molar-refractivity contribution >= 4 is 0 Å². The predicted octanol–water partition coefficient (Wildman–Crippen LogP) is 3.84. The zero-order valence-electron chi connectivity index (χ0n) is 10.8. The highest BCUT2D eigenvalue weighted by Gasteiger charge is 2.40. The summed E-state index contributed by atoms with van der Waals surface area (Å²) in [6, 6.07) is 0. The van der Waals surface area contributed by atoms with Gasteiger partial charge in [0.1, 0.15) is 0 Å². The molecule has 0 aromatic rings. The van der Waals surface area contributed by atoms with E-state index in [1.54, 1.807) is 0 Å². The molecule has 1 fully saturated rings. The van der Waals surface area contributed by atoms with Crippen molar-refractivity contribution in [1.29, 1.82) is 0 Å². The third-order valence-electron chi connectivity index (χ3n) is 4.87.